The number of carbonyl (C=O) groups excluding carboxylic acids is 1. The summed E-state index contributed by atoms with van der Waals surface area (Å²) >= 11 is 0. The molecule has 4 N–H and O–H groups in total. The topological polar surface area (TPSA) is 96.2 Å². The van der Waals surface area contributed by atoms with E-state index in [0.29, 0.717) is 17.5 Å². The van der Waals surface area contributed by atoms with Crippen LogP contribution in [0.5, 0.6) is 0 Å². The fourth-order valence-corrected chi connectivity index (χ4v) is 1.85. The lowest BCUT2D eigenvalue weighted by atomic mass is 10.0. The van der Waals surface area contributed by atoms with Gasteiger partial charge in [-0.2, -0.15) is 0 Å². The van der Waals surface area contributed by atoms with Crippen LogP contribution in [-0.4, -0.2) is 28.4 Å². The molecule has 0 fully saturated rings. The molecule has 1 aromatic heterocycles. The highest BCUT2D eigenvalue weighted by Crippen LogP contribution is 2.22. The minimum atomic E-state index is -1.08. The number of rotatable bonds is 4. The quantitative estimate of drug-likeness (QED) is 0.683. The summed E-state index contributed by atoms with van der Waals surface area (Å²) in [5.41, 5.74) is 7.35. The molecule has 0 saturated carbocycles. The molecule has 88 valence electrons. The van der Waals surface area contributed by atoms with Crippen molar-refractivity contribution < 1.29 is 14.7 Å². The summed E-state index contributed by atoms with van der Waals surface area (Å²) in [6, 6.07) is 6.34. The molecule has 0 aliphatic carbocycles. The van der Waals surface area contributed by atoms with E-state index in [1.807, 2.05) is 24.3 Å². The van der Waals surface area contributed by atoms with Crippen molar-refractivity contribution in [1.29, 1.82) is 0 Å². The zero-order chi connectivity index (χ0) is 12.4. The molecule has 5 nitrogen and oxygen atoms in total. The molecule has 0 spiro atoms. The van der Waals surface area contributed by atoms with Crippen LogP contribution in [-0.2, 0) is 11.2 Å². The van der Waals surface area contributed by atoms with Crippen molar-refractivity contribution in [3.8, 4) is 0 Å². The number of aromatic amines is 1. The number of carbonyl (C=O) groups is 2. The van der Waals surface area contributed by atoms with Crippen molar-refractivity contribution in [3.63, 3.8) is 0 Å². The van der Waals surface area contributed by atoms with Crippen molar-refractivity contribution in [3.05, 3.63) is 35.5 Å². The molecule has 1 aromatic carbocycles. The smallest absolute Gasteiger partial charge is 0.320 e. The normalized spacial score (nSPS) is 12.5. The van der Waals surface area contributed by atoms with Gasteiger partial charge in [0.15, 0.2) is 6.29 Å². The average Bonchev–Trinajstić information content (AvgIpc) is 2.67. The number of nitrogens with one attached hydrogen (secondary N) is 1. The standard InChI is InChI=1S/C12H12N2O3/c13-9(12(16)17)5-8-7-3-1-2-4-10(7)14-11(8)6-15/h1-4,6,9,14H,5,13H2,(H,16,17)/t9-/m0/s1. The number of fused-ring (bicyclic) bond motifs is 1. The lowest BCUT2D eigenvalue weighted by molar-refractivity contribution is -0.138. The average molecular weight is 232 g/mol. The first kappa shape index (κ1) is 11.3. The van der Waals surface area contributed by atoms with Gasteiger partial charge in [0, 0.05) is 17.3 Å². The Morgan fingerprint density at radius 2 is 2.18 bits per heavy atom. The number of aldehydes is 1. The predicted molar refractivity (Wildman–Crippen MR) is 63.0 cm³/mol. The number of carboxylic acid groups (broad SMARTS) is 1. The number of aromatic nitrogens is 1. The van der Waals surface area contributed by atoms with Crippen LogP contribution in [0.2, 0.25) is 0 Å². The van der Waals surface area contributed by atoms with E-state index in [1.165, 1.54) is 0 Å². The summed E-state index contributed by atoms with van der Waals surface area (Å²) in [4.78, 5) is 24.6. The third kappa shape index (κ3) is 2.05. The van der Waals surface area contributed by atoms with Gasteiger partial charge in [-0.25, -0.2) is 0 Å². The van der Waals surface area contributed by atoms with Crippen LogP contribution < -0.4 is 5.73 Å². The monoisotopic (exact) mass is 232 g/mol. The SMILES string of the molecule is N[C@@H](Cc1c(C=O)[nH]c2ccccc12)C(=O)O. The van der Waals surface area contributed by atoms with Gasteiger partial charge in [0.1, 0.15) is 6.04 Å². The molecule has 0 aliphatic heterocycles. The van der Waals surface area contributed by atoms with Crippen molar-refractivity contribution in [2.75, 3.05) is 0 Å². The molecule has 0 unspecified atom stereocenters. The molecular weight excluding hydrogens is 220 g/mol. The largest absolute Gasteiger partial charge is 0.480 e. The number of hydrogen-bond donors (Lipinski definition) is 3. The number of para-hydroxylation sites is 1. The van der Waals surface area contributed by atoms with Gasteiger partial charge in [-0.15, -0.1) is 0 Å². The van der Waals surface area contributed by atoms with Crippen LogP contribution in [0.15, 0.2) is 24.3 Å². The second-order valence-electron chi connectivity index (χ2n) is 3.83. The van der Waals surface area contributed by atoms with Gasteiger partial charge >= 0.3 is 5.97 Å². The number of nitrogens with two attached hydrogens (primary N) is 1. The maximum absolute atomic E-state index is 10.9. The second kappa shape index (κ2) is 4.39. The second-order valence-corrected chi connectivity index (χ2v) is 3.83. The maximum atomic E-state index is 10.9. The van der Waals surface area contributed by atoms with E-state index in [-0.39, 0.29) is 6.42 Å². The van der Waals surface area contributed by atoms with Gasteiger partial charge in [0.2, 0.25) is 0 Å². The van der Waals surface area contributed by atoms with E-state index in [9.17, 15) is 9.59 Å². The summed E-state index contributed by atoms with van der Waals surface area (Å²) in [5, 5.41) is 9.63. The molecule has 0 aliphatic rings. The van der Waals surface area contributed by atoms with Crippen LogP contribution >= 0.6 is 0 Å². The Hall–Kier alpha value is -2.14. The zero-order valence-electron chi connectivity index (χ0n) is 9.01. The Labute approximate surface area is 97.2 Å². The molecule has 0 radical (unpaired) electrons. The number of aliphatic carboxylic acids is 1. The number of hydrogen-bond acceptors (Lipinski definition) is 3. The summed E-state index contributed by atoms with van der Waals surface area (Å²) in [6.45, 7) is 0. The fraction of sp³-hybridized carbons (Fsp3) is 0.167. The summed E-state index contributed by atoms with van der Waals surface area (Å²) in [6.07, 6.45) is 0.817. The predicted octanol–water partition coefficient (Wildman–Crippen LogP) is 0.935. The van der Waals surface area contributed by atoms with E-state index in [2.05, 4.69) is 4.98 Å². The molecule has 5 heteroatoms. The van der Waals surface area contributed by atoms with Crippen LogP contribution in [0.25, 0.3) is 10.9 Å². The molecule has 0 amide bonds. The van der Waals surface area contributed by atoms with E-state index in [1.54, 1.807) is 0 Å². The molecular formula is C12H12N2O3. The minimum absolute atomic E-state index is 0.132. The molecule has 1 atom stereocenters. The van der Waals surface area contributed by atoms with Gasteiger partial charge in [-0.1, -0.05) is 18.2 Å². The van der Waals surface area contributed by atoms with Crippen molar-refractivity contribution >= 4 is 23.2 Å². The van der Waals surface area contributed by atoms with Crippen molar-refractivity contribution in [2.24, 2.45) is 5.73 Å². The van der Waals surface area contributed by atoms with Crippen LogP contribution in [0.4, 0.5) is 0 Å². The molecule has 0 bridgehead atoms. The van der Waals surface area contributed by atoms with E-state index in [0.717, 1.165) is 10.9 Å². The first-order valence-corrected chi connectivity index (χ1v) is 5.16. The van der Waals surface area contributed by atoms with E-state index < -0.39 is 12.0 Å². The number of benzene rings is 1. The molecule has 2 aromatic rings. The molecule has 0 saturated heterocycles. The van der Waals surface area contributed by atoms with Gasteiger partial charge in [0.05, 0.1) is 5.69 Å². The lowest BCUT2D eigenvalue weighted by Crippen LogP contribution is -2.32. The van der Waals surface area contributed by atoms with Crippen molar-refractivity contribution in [2.45, 2.75) is 12.5 Å². The highest BCUT2D eigenvalue weighted by molar-refractivity contribution is 5.92. The third-order valence-electron chi connectivity index (χ3n) is 2.71. The summed E-state index contributed by atoms with van der Waals surface area (Å²) in [7, 11) is 0. The van der Waals surface area contributed by atoms with Gasteiger partial charge in [0.25, 0.3) is 0 Å². The molecule has 17 heavy (non-hydrogen) atoms. The van der Waals surface area contributed by atoms with Crippen LogP contribution in [0.1, 0.15) is 16.1 Å². The van der Waals surface area contributed by atoms with Gasteiger partial charge in [-0.3, -0.25) is 9.59 Å². The minimum Gasteiger partial charge on any atom is -0.480 e. The number of H-pyrrole nitrogens is 1. The van der Waals surface area contributed by atoms with Gasteiger partial charge < -0.3 is 15.8 Å². The fourth-order valence-electron chi connectivity index (χ4n) is 1.85. The van der Waals surface area contributed by atoms with Crippen molar-refractivity contribution in [1.82, 2.24) is 4.98 Å². The van der Waals surface area contributed by atoms with Crippen LogP contribution in [0, 0.1) is 0 Å². The Bertz CT molecular complexity index is 574. The highest BCUT2D eigenvalue weighted by atomic mass is 16.4. The Morgan fingerprint density at radius 3 is 2.82 bits per heavy atom. The maximum Gasteiger partial charge on any atom is 0.320 e. The third-order valence-corrected chi connectivity index (χ3v) is 2.71. The molecule has 1 heterocycles. The number of carboxylic acids is 1. The van der Waals surface area contributed by atoms with E-state index >= 15 is 0 Å². The van der Waals surface area contributed by atoms with Gasteiger partial charge in [-0.05, 0) is 11.6 Å². The Morgan fingerprint density at radius 1 is 1.47 bits per heavy atom. The first-order valence-electron chi connectivity index (χ1n) is 5.16. The Balaban J connectivity index is 2.50. The summed E-state index contributed by atoms with van der Waals surface area (Å²) < 4.78 is 0. The first-order chi connectivity index (χ1) is 8.13. The molecule has 2 rings (SSSR count). The van der Waals surface area contributed by atoms with E-state index in [4.69, 9.17) is 10.8 Å². The Kier molecular flexibility index (Phi) is 2.93. The zero-order valence-corrected chi connectivity index (χ0v) is 9.01. The summed E-state index contributed by atoms with van der Waals surface area (Å²) in [5.74, 6) is -1.08. The highest BCUT2D eigenvalue weighted by Gasteiger charge is 2.18. The lowest BCUT2D eigenvalue weighted by Gasteiger charge is -2.05. The van der Waals surface area contributed by atoms with Crippen LogP contribution in [0.3, 0.4) is 0 Å².